The van der Waals surface area contributed by atoms with Crippen LogP contribution < -0.4 is 31.1 Å². The molecule has 0 amide bonds. The molecule has 0 bridgehead atoms. The average Bonchev–Trinajstić information content (AvgIpc) is 3.19. The van der Waals surface area contributed by atoms with Gasteiger partial charge in [-0.05, 0) is 70.4 Å². The summed E-state index contributed by atoms with van der Waals surface area (Å²) in [5.41, 5.74) is 0. The Balaban J connectivity index is 0.000000214. The van der Waals surface area contributed by atoms with Gasteiger partial charge in [-0.15, -0.1) is 0 Å². The van der Waals surface area contributed by atoms with Crippen LogP contribution in [0.3, 0.4) is 0 Å². The van der Waals surface area contributed by atoms with Gasteiger partial charge in [-0.25, -0.2) is 0 Å². The van der Waals surface area contributed by atoms with Gasteiger partial charge in [-0.1, -0.05) is 182 Å². The van der Waals surface area contributed by atoms with Crippen LogP contribution in [0.1, 0.15) is 0 Å². The van der Waals surface area contributed by atoms with E-state index in [4.69, 9.17) is 8.85 Å². The quantitative estimate of drug-likeness (QED) is 0.0531. The van der Waals surface area contributed by atoms with E-state index < -0.39 is 44.9 Å². The molecular formula is C46H48F4O2Si4. The Kier molecular flexibility index (Phi) is 13.8. The molecule has 6 aromatic rings. The van der Waals surface area contributed by atoms with E-state index >= 15 is 0 Å². The average molecular weight is 821 g/mol. The largest absolute Gasteiger partial charge is 0.546 e. The second-order valence-electron chi connectivity index (χ2n) is 15.3. The van der Waals surface area contributed by atoms with Gasteiger partial charge in [0.15, 0.2) is 0 Å². The highest BCUT2D eigenvalue weighted by molar-refractivity contribution is 7.16. The predicted octanol–water partition coefficient (Wildman–Crippen LogP) is 9.31. The molecule has 288 valence electrons. The van der Waals surface area contributed by atoms with Crippen molar-refractivity contribution in [2.45, 2.75) is 39.3 Å². The topological polar surface area (TPSA) is 18.5 Å². The lowest BCUT2D eigenvalue weighted by Gasteiger charge is -2.37. The minimum absolute atomic E-state index is 0.143. The Bertz CT molecular complexity index is 1830. The maximum atomic E-state index is 14.6. The van der Waals surface area contributed by atoms with Crippen molar-refractivity contribution in [2.24, 2.45) is 0 Å². The molecule has 6 rings (SSSR count). The Hall–Kier alpha value is -5.01. The molecule has 0 aliphatic heterocycles. The van der Waals surface area contributed by atoms with E-state index in [1.54, 1.807) is 0 Å². The molecule has 2 nitrogen and oxygen atoms in total. The van der Waals surface area contributed by atoms with Crippen LogP contribution in [0.25, 0.3) is 0 Å². The maximum absolute atomic E-state index is 14.6. The summed E-state index contributed by atoms with van der Waals surface area (Å²) in [6, 6.07) is 57.7. The number of hydrogen-bond acceptors (Lipinski definition) is 2. The molecule has 56 heavy (non-hydrogen) atoms. The molecule has 0 saturated carbocycles. The van der Waals surface area contributed by atoms with Crippen molar-refractivity contribution in [2.75, 3.05) is 0 Å². The molecular weight excluding hydrogens is 773 g/mol. The zero-order chi connectivity index (χ0) is 40.4. The van der Waals surface area contributed by atoms with Crippen LogP contribution in [-0.2, 0) is 8.85 Å². The fraction of sp³-hybridized carbons (Fsp3) is 0.130. The first-order valence-electron chi connectivity index (χ1n) is 18.5. The second kappa shape index (κ2) is 18.3. The minimum Gasteiger partial charge on any atom is -0.546 e. The van der Waals surface area contributed by atoms with Gasteiger partial charge in [-0.2, -0.15) is 17.6 Å². The SMILES string of the molecule is C[Si](C)(C)OC(=C(F)F)[Si](c1ccccc1)(c1ccccc1)c1ccccc1.C[Si](C)(C)OC(=C(F)F)[Si](c1ccccc1)(c1ccccc1)c1ccccc1. The van der Waals surface area contributed by atoms with Gasteiger partial charge in [0.1, 0.15) is 10.8 Å². The summed E-state index contributed by atoms with van der Waals surface area (Å²) in [5.74, 6) is 0. The van der Waals surface area contributed by atoms with E-state index in [1.807, 2.05) is 221 Å². The summed E-state index contributed by atoms with van der Waals surface area (Å²) in [6.45, 7) is 11.6. The van der Waals surface area contributed by atoms with E-state index in [-0.39, 0.29) is 10.8 Å². The summed E-state index contributed by atoms with van der Waals surface area (Å²) >= 11 is 0. The highest BCUT2D eigenvalue weighted by Gasteiger charge is 2.50. The van der Waals surface area contributed by atoms with Gasteiger partial charge in [0, 0.05) is 0 Å². The van der Waals surface area contributed by atoms with E-state index in [2.05, 4.69) is 0 Å². The van der Waals surface area contributed by atoms with Gasteiger partial charge in [-0.3, -0.25) is 0 Å². The van der Waals surface area contributed by atoms with E-state index in [0.29, 0.717) is 0 Å². The van der Waals surface area contributed by atoms with Gasteiger partial charge < -0.3 is 8.85 Å². The molecule has 0 N–H and O–H groups in total. The first-order valence-corrected chi connectivity index (χ1v) is 29.4. The van der Waals surface area contributed by atoms with Crippen LogP contribution in [0.15, 0.2) is 205 Å². The fourth-order valence-corrected chi connectivity index (χ4v) is 19.8. The molecule has 0 atom stereocenters. The highest BCUT2D eigenvalue weighted by Crippen LogP contribution is 2.28. The molecule has 0 radical (unpaired) electrons. The van der Waals surface area contributed by atoms with E-state index in [9.17, 15) is 17.6 Å². The number of benzene rings is 6. The number of rotatable bonds is 12. The van der Waals surface area contributed by atoms with Crippen molar-refractivity contribution in [1.82, 2.24) is 0 Å². The van der Waals surface area contributed by atoms with Crippen molar-refractivity contribution in [3.05, 3.63) is 205 Å². The smallest absolute Gasteiger partial charge is 0.302 e. The molecule has 0 spiro atoms. The third-order valence-corrected chi connectivity index (χ3v) is 20.3. The molecule has 6 aromatic carbocycles. The standard InChI is InChI=1S/2C23H24F2OSi2/c2*1-27(2,3)26-23(22(24)25)28(19-13-7-4-8-14-19,20-15-9-5-10-16-20)21-17-11-6-12-18-21/h2*4-18H,1-3H3. The first-order chi connectivity index (χ1) is 26.7. The maximum Gasteiger partial charge on any atom is 0.302 e. The Morgan fingerprint density at radius 3 is 0.589 bits per heavy atom. The van der Waals surface area contributed by atoms with Crippen molar-refractivity contribution >= 4 is 63.9 Å². The molecule has 0 aromatic heterocycles. The van der Waals surface area contributed by atoms with E-state index in [0.717, 1.165) is 31.1 Å². The van der Waals surface area contributed by atoms with E-state index in [1.165, 1.54) is 0 Å². The van der Waals surface area contributed by atoms with Crippen molar-refractivity contribution in [3.8, 4) is 0 Å². The van der Waals surface area contributed by atoms with Crippen molar-refractivity contribution < 1.29 is 26.4 Å². The predicted molar refractivity (Wildman–Crippen MR) is 235 cm³/mol. The third-order valence-electron chi connectivity index (χ3n) is 9.08. The Labute approximate surface area is 333 Å². The number of halogens is 4. The molecule has 0 heterocycles. The number of hydrogen-bond donors (Lipinski definition) is 0. The lowest BCUT2D eigenvalue weighted by atomic mass is 10.3. The van der Waals surface area contributed by atoms with Crippen molar-refractivity contribution in [3.63, 3.8) is 0 Å². The minimum atomic E-state index is -3.28. The van der Waals surface area contributed by atoms with Crippen LogP contribution in [-0.4, -0.2) is 32.8 Å². The molecule has 0 aliphatic rings. The van der Waals surface area contributed by atoms with Crippen LogP contribution in [0.4, 0.5) is 17.6 Å². The normalized spacial score (nSPS) is 11.8. The molecule has 0 unspecified atom stereocenters. The van der Waals surface area contributed by atoms with Crippen LogP contribution in [0.2, 0.25) is 39.3 Å². The zero-order valence-electron chi connectivity index (χ0n) is 32.6. The van der Waals surface area contributed by atoms with Crippen LogP contribution in [0, 0.1) is 0 Å². The highest BCUT2D eigenvalue weighted by atomic mass is 28.4. The molecule has 0 saturated heterocycles. The van der Waals surface area contributed by atoms with Crippen LogP contribution in [0.5, 0.6) is 0 Å². The lowest BCUT2D eigenvalue weighted by Crippen LogP contribution is -2.69. The summed E-state index contributed by atoms with van der Waals surface area (Å²) in [7, 11) is -11.2. The van der Waals surface area contributed by atoms with Gasteiger partial charge in [0.25, 0.3) is 0 Å². The van der Waals surface area contributed by atoms with Crippen LogP contribution >= 0.6 is 0 Å². The van der Waals surface area contributed by atoms with Crippen molar-refractivity contribution in [1.29, 1.82) is 0 Å². The van der Waals surface area contributed by atoms with Gasteiger partial charge >= 0.3 is 12.2 Å². The second-order valence-corrected chi connectivity index (χ2v) is 31.5. The Morgan fingerprint density at radius 2 is 0.464 bits per heavy atom. The lowest BCUT2D eigenvalue weighted by molar-refractivity contribution is 0.347. The fourth-order valence-electron chi connectivity index (χ4n) is 7.04. The molecule has 10 heteroatoms. The summed E-state index contributed by atoms with van der Waals surface area (Å²) in [4.78, 5) is 0. The molecule has 0 aliphatic carbocycles. The monoisotopic (exact) mass is 820 g/mol. The summed E-state index contributed by atoms with van der Waals surface area (Å²) < 4.78 is 70.7. The van der Waals surface area contributed by atoms with Gasteiger partial charge in [0.05, 0.1) is 0 Å². The first kappa shape index (κ1) is 42.1. The summed E-state index contributed by atoms with van der Waals surface area (Å²) in [5, 5.41) is 5.01. The zero-order valence-corrected chi connectivity index (χ0v) is 36.6. The molecule has 0 fully saturated rings. The van der Waals surface area contributed by atoms with Gasteiger partial charge in [0.2, 0.25) is 32.8 Å². The third kappa shape index (κ3) is 9.50. The summed E-state index contributed by atoms with van der Waals surface area (Å²) in [6.07, 6.45) is -3.46. The Morgan fingerprint density at radius 1 is 0.304 bits per heavy atom.